The summed E-state index contributed by atoms with van der Waals surface area (Å²) in [6, 6.07) is 9.92. The molecule has 3 rings (SSSR count). The number of aromatic nitrogens is 3. The maximum atomic E-state index is 13.6. The molecular weight excluding hydrogens is 362 g/mol. The summed E-state index contributed by atoms with van der Waals surface area (Å²) in [7, 11) is -4.16. The van der Waals surface area contributed by atoms with Crippen LogP contribution in [-0.4, -0.2) is 30.1 Å². The molecule has 2 aromatic carbocycles. The molecule has 0 fully saturated rings. The van der Waals surface area contributed by atoms with Gasteiger partial charge < -0.3 is 0 Å². The quantitative estimate of drug-likeness (QED) is 0.690. The molecule has 0 atom stereocenters. The molecule has 0 aliphatic rings. The molecular formula is C17H16F2N4O2S. The van der Waals surface area contributed by atoms with Gasteiger partial charge in [-0.1, -0.05) is 29.8 Å². The first-order chi connectivity index (χ1) is 12.3. The summed E-state index contributed by atoms with van der Waals surface area (Å²) >= 11 is 0. The van der Waals surface area contributed by atoms with E-state index in [1.165, 1.54) is 0 Å². The Labute approximate surface area is 149 Å². The molecule has 0 bridgehead atoms. The van der Waals surface area contributed by atoms with Gasteiger partial charge in [0.15, 0.2) is 5.82 Å². The fourth-order valence-electron chi connectivity index (χ4n) is 2.30. The number of nitrogens with zero attached hydrogens (tertiary/aromatic N) is 2. The van der Waals surface area contributed by atoms with Gasteiger partial charge >= 0.3 is 0 Å². The number of hydrogen-bond donors (Lipinski definition) is 2. The lowest BCUT2D eigenvalue weighted by Gasteiger charge is -2.06. The predicted molar refractivity (Wildman–Crippen MR) is 91.8 cm³/mol. The number of halogens is 2. The summed E-state index contributed by atoms with van der Waals surface area (Å²) in [6.45, 7) is 1.93. The van der Waals surface area contributed by atoms with E-state index in [1.807, 2.05) is 31.2 Å². The molecule has 1 aromatic heterocycles. The van der Waals surface area contributed by atoms with Gasteiger partial charge in [-0.25, -0.2) is 26.9 Å². The van der Waals surface area contributed by atoms with Gasteiger partial charge in [0.05, 0.1) is 0 Å². The van der Waals surface area contributed by atoms with Crippen molar-refractivity contribution >= 4 is 10.0 Å². The van der Waals surface area contributed by atoms with E-state index < -0.39 is 26.6 Å². The van der Waals surface area contributed by atoms with Gasteiger partial charge in [0.2, 0.25) is 10.0 Å². The molecule has 0 spiro atoms. The Bertz CT molecular complexity index is 1020. The van der Waals surface area contributed by atoms with Crippen molar-refractivity contribution in [2.75, 3.05) is 6.54 Å². The highest BCUT2D eigenvalue weighted by Crippen LogP contribution is 2.16. The molecule has 136 valence electrons. The van der Waals surface area contributed by atoms with Crippen molar-refractivity contribution in [3.63, 3.8) is 0 Å². The molecule has 0 saturated carbocycles. The van der Waals surface area contributed by atoms with Gasteiger partial charge in [0.25, 0.3) is 0 Å². The molecule has 0 saturated heterocycles. The molecule has 9 heteroatoms. The van der Waals surface area contributed by atoms with E-state index in [2.05, 4.69) is 19.9 Å². The van der Waals surface area contributed by atoms with E-state index in [-0.39, 0.29) is 13.0 Å². The largest absolute Gasteiger partial charge is 0.263 e. The molecule has 2 N–H and O–H groups in total. The molecule has 0 aliphatic carbocycles. The van der Waals surface area contributed by atoms with Crippen molar-refractivity contribution in [2.45, 2.75) is 18.2 Å². The normalized spacial score (nSPS) is 11.7. The van der Waals surface area contributed by atoms with Crippen molar-refractivity contribution in [3.8, 4) is 11.4 Å². The van der Waals surface area contributed by atoms with Crippen molar-refractivity contribution in [1.29, 1.82) is 0 Å². The summed E-state index contributed by atoms with van der Waals surface area (Å²) in [5, 5.41) is 6.83. The zero-order valence-electron chi connectivity index (χ0n) is 13.8. The monoisotopic (exact) mass is 378 g/mol. The summed E-state index contributed by atoms with van der Waals surface area (Å²) in [5.41, 5.74) is 1.95. The third-order valence-electron chi connectivity index (χ3n) is 3.68. The Morgan fingerprint density at radius 1 is 1.12 bits per heavy atom. The molecule has 6 nitrogen and oxygen atoms in total. The van der Waals surface area contributed by atoms with E-state index in [0.717, 1.165) is 23.3 Å². The fraction of sp³-hybridized carbons (Fsp3) is 0.176. The van der Waals surface area contributed by atoms with Gasteiger partial charge in [0.1, 0.15) is 22.4 Å². The number of aryl methyl sites for hydroxylation is 1. The molecule has 0 radical (unpaired) electrons. The standard InChI is InChI=1S/C17H16F2N4O2S/c1-11-2-4-12(5-3-11)17-21-16(22-23-17)8-9-20-26(24,25)15-10-13(18)6-7-14(15)19/h2-7,10,20H,8-9H2,1H3,(H,21,22,23). The summed E-state index contributed by atoms with van der Waals surface area (Å²) in [5.74, 6) is -0.869. The Morgan fingerprint density at radius 3 is 2.58 bits per heavy atom. The molecule has 0 unspecified atom stereocenters. The number of H-pyrrole nitrogens is 1. The summed E-state index contributed by atoms with van der Waals surface area (Å²) in [4.78, 5) is 3.57. The lowest BCUT2D eigenvalue weighted by molar-refractivity contribution is 0.545. The van der Waals surface area contributed by atoms with Crippen LogP contribution >= 0.6 is 0 Å². The maximum Gasteiger partial charge on any atom is 0.243 e. The third kappa shape index (κ3) is 4.12. The third-order valence-corrected chi connectivity index (χ3v) is 5.15. The Balaban J connectivity index is 1.65. The Hall–Kier alpha value is -2.65. The first kappa shape index (κ1) is 18.2. The average molecular weight is 378 g/mol. The van der Waals surface area contributed by atoms with Crippen molar-refractivity contribution in [2.24, 2.45) is 0 Å². The van der Waals surface area contributed by atoms with E-state index in [0.29, 0.717) is 17.7 Å². The number of nitrogens with one attached hydrogen (secondary N) is 2. The first-order valence-electron chi connectivity index (χ1n) is 7.78. The number of benzene rings is 2. The van der Waals surface area contributed by atoms with Crippen molar-refractivity contribution < 1.29 is 17.2 Å². The minimum Gasteiger partial charge on any atom is -0.263 e. The summed E-state index contributed by atoms with van der Waals surface area (Å²) < 4.78 is 53.2. The number of rotatable bonds is 6. The molecule has 26 heavy (non-hydrogen) atoms. The smallest absolute Gasteiger partial charge is 0.243 e. The highest BCUT2D eigenvalue weighted by Gasteiger charge is 2.19. The maximum absolute atomic E-state index is 13.6. The second-order valence-electron chi connectivity index (χ2n) is 5.69. The molecule has 1 heterocycles. The van der Waals surface area contributed by atoms with E-state index in [1.54, 1.807) is 0 Å². The zero-order chi connectivity index (χ0) is 18.7. The van der Waals surface area contributed by atoms with Crippen LogP contribution in [0, 0.1) is 18.6 Å². The van der Waals surface area contributed by atoms with Gasteiger partial charge in [-0.15, -0.1) is 0 Å². The van der Waals surface area contributed by atoms with Crippen LogP contribution in [0.3, 0.4) is 0 Å². The molecule has 0 aliphatic heterocycles. The van der Waals surface area contributed by atoms with Crippen LogP contribution < -0.4 is 4.72 Å². The van der Waals surface area contributed by atoms with Gasteiger partial charge in [-0.3, -0.25) is 5.10 Å². The van der Waals surface area contributed by atoms with Crippen LogP contribution in [-0.2, 0) is 16.4 Å². The molecule has 0 amide bonds. The second kappa shape index (κ2) is 7.30. The van der Waals surface area contributed by atoms with E-state index in [9.17, 15) is 17.2 Å². The van der Waals surface area contributed by atoms with Crippen molar-refractivity contribution in [3.05, 3.63) is 65.5 Å². The van der Waals surface area contributed by atoms with Crippen LogP contribution in [0.25, 0.3) is 11.4 Å². The Morgan fingerprint density at radius 2 is 1.85 bits per heavy atom. The van der Waals surface area contributed by atoms with Crippen LogP contribution in [0.5, 0.6) is 0 Å². The highest BCUT2D eigenvalue weighted by molar-refractivity contribution is 7.89. The second-order valence-corrected chi connectivity index (χ2v) is 7.43. The van der Waals surface area contributed by atoms with Crippen LogP contribution in [0.1, 0.15) is 11.4 Å². The summed E-state index contributed by atoms with van der Waals surface area (Å²) in [6.07, 6.45) is 0.217. The number of hydrogen-bond acceptors (Lipinski definition) is 4. The first-order valence-corrected chi connectivity index (χ1v) is 9.26. The topological polar surface area (TPSA) is 87.7 Å². The van der Waals surface area contributed by atoms with E-state index >= 15 is 0 Å². The van der Waals surface area contributed by atoms with Crippen molar-refractivity contribution in [1.82, 2.24) is 19.9 Å². The van der Waals surface area contributed by atoms with Gasteiger partial charge in [-0.05, 0) is 25.1 Å². The number of sulfonamides is 1. The SMILES string of the molecule is Cc1ccc(-c2n[nH]c(CCNS(=O)(=O)c3cc(F)ccc3F)n2)cc1. The minimum absolute atomic E-state index is 0.0409. The highest BCUT2D eigenvalue weighted by atomic mass is 32.2. The lowest BCUT2D eigenvalue weighted by Crippen LogP contribution is -2.27. The van der Waals surface area contributed by atoms with Gasteiger partial charge in [0, 0.05) is 18.5 Å². The zero-order valence-corrected chi connectivity index (χ0v) is 14.6. The van der Waals surface area contributed by atoms with Gasteiger partial charge in [-0.2, -0.15) is 5.10 Å². The number of aromatic amines is 1. The van der Waals surface area contributed by atoms with E-state index in [4.69, 9.17) is 0 Å². The minimum atomic E-state index is -4.16. The lowest BCUT2D eigenvalue weighted by atomic mass is 10.1. The molecule has 3 aromatic rings. The van der Waals surface area contributed by atoms with Crippen LogP contribution in [0.15, 0.2) is 47.4 Å². The predicted octanol–water partition coefficient (Wildman–Crippen LogP) is 2.58. The average Bonchev–Trinajstić information content (AvgIpc) is 3.06. The van der Waals surface area contributed by atoms with Crippen LogP contribution in [0.4, 0.5) is 8.78 Å². The fourth-order valence-corrected chi connectivity index (χ4v) is 3.42. The van der Waals surface area contributed by atoms with Crippen LogP contribution in [0.2, 0.25) is 0 Å². The Kier molecular flexibility index (Phi) is 5.10.